The number of sulfonamides is 1. The van der Waals surface area contributed by atoms with Crippen molar-refractivity contribution in [3.63, 3.8) is 0 Å². The summed E-state index contributed by atoms with van der Waals surface area (Å²) in [5.74, 6) is -3.23. The third-order valence-corrected chi connectivity index (χ3v) is 13.0. The first-order valence-corrected chi connectivity index (χ1v) is 20.2. The van der Waals surface area contributed by atoms with Gasteiger partial charge in [-0.1, -0.05) is 55.3 Å². The highest BCUT2D eigenvalue weighted by molar-refractivity contribution is 7.91. The SMILES string of the molecule is O=C1N[C@]2(C(=O)NS(=O)(=O)C3CC3)C[C@H]2C=CCCCCC[C@H](NCc2ccccc2C(F)(F)F)C(=O)N2C[C@H](OC(=O)N3Cc4cccc(F)c4C3)C[C@@H]12. The fourth-order valence-electron chi connectivity index (χ4n) is 7.81. The van der Waals surface area contributed by atoms with Crippen LogP contribution in [0.1, 0.15) is 80.0 Å². The van der Waals surface area contributed by atoms with Crippen LogP contribution in [0.25, 0.3) is 0 Å². The van der Waals surface area contributed by atoms with E-state index in [4.69, 9.17) is 4.74 Å². The van der Waals surface area contributed by atoms with E-state index in [-0.39, 0.29) is 51.0 Å². The molecule has 7 rings (SSSR count). The molecule has 17 heteroatoms. The number of nitrogens with one attached hydrogen (secondary N) is 3. The summed E-state index contributed by atoms with van der Waals surface area (Å²) in [6.07, 6.45) is 0.752. The molecule has 3 fully saturated rings. The first-order chi connectivity index (χ1) is 26.2. The molecule has 1 saturated heterocycles. The van der Waals surface area contributed by atoms with Crippen LogP contribution in [0.2, 0.25) is 0 Å². The zero-order valence-corrected chi connectivity index (χ0v) is 30.8. The Hall–Kier alpha value is -4.51. The molecule has 2 aromatic rings. The molecule has 0 unspecified atom stereocenters. The van der Waals surface area contributed by atoms with Gasteiger partial charge in [-0.05, 0) is 61.8 Å². The van der Waals surface area contributed by atoms with Crippen molar-refractivity contribution in [2.75, 3.05) is 6.54 Å². The largest absolute Gasteiger partial charge is 0.444 e. The third kappa shape index (κ3) is 8.37. The minimum absolute atomic E-state index is 0.0399. The van der Waals surface area contributed by atoms with Gasteiger partial charge in [0.05, 0.1) is 29.9 Å². The maximum atomic E-state index is 14.5. The molecule has 55 heavy (non-hydrogen) atoms. The molecule has 3 N–H and O–H groups in total. The number of nitrogens with zero attached hydrogens (tertiary/aromatic N) is 2. The summed E-state index contributed by atoms with van der Waals surface area (Å²) in [5.41, 5.74) is -1.55. The molecule has 3 aliphatic heterocycles. The molecule has 2 aromatic carbocycles. The molecular formula is C38H43F4N5O7S. The Morgan fingerprint density at radius 1 is 1.00 bits per heavy atom. The van der Waals surface area contributed by atoms with Crippen molar-refractivity contribution in [1.82, 2.24) is 25.2 Å². The van der Waals surface area contributed by atoms with Gasteiger partial charge < -0.3 is 20.3 Å². The summed E-state index contributed by atoms with van der Waals surface area (Å²) in [4.78, 5) is 58.3. The molecule has 0 spiro atoms. The molecule has 296 valence electrons. The first-order valence-electron chi connectivity index (χ1n) is 18.6. The van der Waals surface area contributed by atoms with Crippen molar-refractivity contribution in [3.8, 4) is 0 Å². The number of hydrogen-bond acceptors (Lipinski definition) is 8. The standard InChI is InChI=1S/C38H43F4N5O7S/c39-30-13-8-10-24-20-46(22-28(24)30)36(51)54-26-17-32-33(48)44-37(35(50)45-55(52,53)27-15-16-27)18-25(37)11-4-2-1-3-5-14-31(34(49)47(32)21-26)43-19-23-9-6-7-12-29(23)38(40,41)42/h4,6-13,25-27,31-32,43H,1-3,5,14-22H2,(H,44,48)(H,45,50)/t25-,26-,31+,32+,37-/m1/s1. The molecule has 2 saturated carbocycles. The van der Waals surface area contributed by atoms with Crippen LogP contribution in [-0.2, 0) is 55.0 Å². The summed E-state index contributed by atoms with van der Waals surface area (Å²) in [6.45, 7) is -0.493. The fraction of sp³-hybridized carbons (Fsp3) is 0.526. The second kappa shape index (κ2) is 15.2. The van der Waals surface area contributed by atoms with E-state index in [9.17, 15) is 45.2 Å². The number of benzene rings is 2. The van der Waals surface area contributed by atoms with E-state index in [1.807, 2.05) is 6.08 Å². The topological polar surface area (TPSA) is 154 Å². The Morgan fingerprint density at radius 2 is 1.78 bits per heavy atom. The number of allylic oxidation sites excluding steroid dienone is 1. The van der Waals surface area contributed by atoms with Crippen LogP contribution < -0.4 is 15.4 Å². The van der Waals surface area contributed by atoms with E-state index in [0.29, 0.717) is 49.7 Å². The van der Waals surface area contributed by atoms with Gasteiger partial charge in [0.15, 0.2) is 0 Å². The van der Waals surface area contributed by atoms with Gasteiger partial charge in [0.1, 0.15) is 23.5 Å². The number of carbonyl (C=O) groups excluding carboxylic acids is 4. The number of ether oxygens (including phenoxy) is 1. The van der Waals surface area contributed by atoms with Crippen LogP contribution in [0, 0.1) is 11.7 Å². The number of alkyl halides is 3. The minimum Gasteiger partial charge on any atom is -0.444 e. The molecule has 0 aromatic heterocycles. The molecule has 5 atom stereocenters. The highest BCUT2D eigenvalue weighted by Crippen LogP contribution is 2.46. The van der Waals surface area contributed by atoms with Gasteiger partial charge in [0.2, 0.25) is 21.8 Å². The van der Waals surface area contributed by atoms with Crippen molar-refractivity contribution in [1.29, 1.82) is 0 Å². The monoisotopic (exact) mass is 789 g/mol. The van der Waals surface area contributed by atoms with Gasteiger partial charge in [-0.25, -0.2) is 17.6 Å². The van der Waals surface area contributed by atoms with Crippen LogP contribution in [0.5, 0.6) is 0 Å². The lowest BCUT2D eigenvalue weighted by atomic mass is 10.0. The Kier molecular flexibility index (Phi) is 10.7. The average Bonchev–Trinajstić information content (AvgIpc) is 4.02. The predicted molar refractivity (Wildman–Crippen MR) is 189 cm³/mol. The number of halogens is 4. The van der Waals surface area contributed by atoms with Gasteiger partial charge in [-0.3, -0.25) is 24.0 Å². The maximum absolute atomic E-state index is 14.5. The molecule has 5 aliphatic rings. The van der Waals surface area contributed by atoms with Crippen molar-refractivity contribution in [2.24, 2.45) is 5.92 Å². The zero-order valence-electron chi connectivity index (χ0n) is 29.9. The second-order valence-electron chi connectivity index (χ2n) is 15.1. The fourth-order valence-corrected chi connectivity index (χ4v) is 9.18. The highest BCUT2D eigenvalue weighted by atomic mass is 32.2. The number of rotatable bonds is 7. The van der Waals surface area contributed by atoms with E-state index < -0.39 is 86.3 Å². The molecule has 3 heterocycles. The number of fused-ring (bicyclic) bond motifs is 3. The van der Waals surface area contributed by atoms with E-state index in [1.165, 1.54) is 40.1 Å². The van der Waals surface area contributed by atoms with Gasteiger partial charge in [-0.15, -0.1) is 0 Å². The summed E-state index contributed by atoms with van der Waals surface area (Å²) in [5, 5.41) is 5.07. The van der Waals surface area contributed by atoms with Crippen LogP contribution in [0.4, 0.5) is 22.4 Å². The Balaban J connectivity index is 1.15. The normalized spacial score (nSPS) is 27.3. The Labute approximate surface area is 316 Å². The van der Waals surface area contributed by atoms with Gasteiger partial charge in [-0.2, -0.15) is 13.2 Å². The van der Waals surface area contributed by atoms with Crippen LogP contribution in [0.15, 0.2) is 54.6 Å². The smallest absolute Gasteiger partial charge is 0.416 e. The molecule has 0 bridgehead atoms. The lowest BCUT2D eigenvalue weighted by molar-refractivity contribution is -0.141. The number of hydrogen-bond donors (Lipinski definition) is 3. The second-order valence-corrected chi connectivity index (χ2v) is 17.0. The predicted octanol–water partition coefficient (Wildman–Crippen LogP) is 4.43. The summed E-state index contributed by atoms with van der Waals surface area (Å²) < 4.78 is 89.5. The lowest BCUT2D eigenvalue weighted by Gasteiger charge is -2.30. The molecule has 2 aliphatic carbocycles. The van der Waals surface area contributed by atoms with Crippen molar-refractivity contribution >= 4 is 33.8 Å². The Bertz CT molecular complexity index is 1990. The average molecular weight is 790 g/mol. The van der Waals surface area contributed by atoms with Crippen molar-refractivity contribution < 1.29 is 49.9 Å². The summed E-state index contributed by atoms with van der Waals surface area (Å²) >= 11 is 0. The quantitative estimate of drug-likeness (QED) is 0.275. The van der Waals surface area contributed by atoms with Gasteiger partial charge in [0.25, 0.3) is 5.91 Å². The van der Waals surface area contributed by atoms with Crippen LogP contribution >= 0.6 is 0 Å². The van der Waals surface area contributed by atoms with Crippen LogP contribution in [-0.4, -0.2) is 77.6 Å². The van der Waals surface area contributed by atoms with E-state index >= 15 is 0 Å². The van der Waals surface area contributed by atoms with Crippen LogP contribution in [0.3, 0.4) is 0 Å². The van der Waals surface area contributed by atoms with E-state index in [0.717, 1.165) is 6.07 Å². The van der Waals surface area contributed by atoms with Gasteiger partial charge in [0, 0.05) is 31.0 Å². The zero-order chi connectivity index (χ0) is 39.1. The number of carbonyl (C=O) groups is 4. The van der Waals surface area contributed by atoms with Crippen molar-refractivity contribution in [3.05, 3.63) is 82.7 Å². The van der Waals surface area contributed by atoms with Crippen molar-refractivity contribution in [2.45, 2.75) is 113 Å². The van der Waals surface area contributed by atoms with E-state index in [1.54, 1.807) is 12.1 Å². The Morgan fingerprint density at radius 3 is 2.53 bits per heavy atom. The molecule has 12 nitrogen and oxygen atoms in total. The minimum atomic E-state index is -4.63. The summed E-state index contributed by atoms with van der Waals surface area (Å²) in [6, 6.07) is 7.24. The number of amides is 4. The maximum Gasteiger partial charge on any atom is 0.416 e. The molecule has 4 amide bonds. The molecule has 0 radical (unpaired) electrons. The third-order valence-electron chi connectivity index (χ3n) is 11.2. The molecular weight excluding hydrogens is 747 g/mol. The summed E-state index contributed by atoms with van der Waals surface area (Å²) in [7, 11) is -3.96. The highest BCUT2D eigenvalue weighted by Gasteiger charge is 2.62. The van der Waals surface area contributed by atoms with E-state index in [2.05, 4.69) is 15.4 Å². The van der Waals surface area contributed by atoms with Gasteiger partial charge >= 0.3 is 12.3 Å². The lowest BCUT2D eigenvalue weighted by Crippen LogP contribution is -2.58. The first kappa shape index (κ1) is 38.8.